The molecule has 212 valence electrons. The van der Waals surface area contributed by atoms with Gasteiger partial charge in [0.15, 0.2) is 12.1 Å². The number of aliphatic imine (C=N–C) groups is 1. The van der Waals surface area contributed by atoms with Crippen LogP contribution in [0.25, 0.3) is 0 Å². The number of nitrogens with zero attached hydrogens (tertiary/aromatic N) is 2. The zero-order chi connectivity index (χ0) is 28.4. The van der Waals surface area contributed by atoms with Crippen molar-refractivity contribution in [2.75, 3.05) is 24.6 Å². The molecule has 2 unspecified atom stereocenters. The van der Waals surface area contributed by atoms with Gasteiger partial charge in [0.25, 0.3) is 5.91 Å². The molecule has 0 saturated heterocycles. The van der Waals surface area contributed by atoms with Gasteiger partial charge in [0, 0.05) is 25.4 Å². The van der Waals surface area contributed by atoms with Crippen molar-refractivity contribution < 1.29 is 19.0 Å². The van der Waals surface area contributed by atoms with Crippen LogP contribution in [0.15, 0.2) is 108 Å². The highest BCUT2D eigenvalue weighted by Gasteiger charge is 2.35. The maximum atomic E-state index is 13.6. The number of benzene rings is 3. The Morgan fingerprint density at radius 3 is 2.54 bits per heavy atom. The summed E-state index contributed by atoms with van der Waals surface area (Å²) >= 11 is 0. The van der Waals surface area contributed by atoms with Crippen molar-refractivity contribution in [3.8, 4) is 11.5 Å². The van der Waals surface area contributed by atoms with Crippen molar-refractivity contribution >= 4 is 17.6 Å². The second kappa shape index (κ2) is 13.6. The van der Waals surface area contributed by atoms with Gasteiger partial charge in [-0.2, -0.15) is 0 Å². The van der Waals surface area contributed by atoms with Crippen LogP contribution in [0.5, 0.6) is 11.5 Å². The lowest BCUT2D eigenvalue weighted by atomic mass is 9.98. The molecule has 0 bridgehead atoms. The maximum absolute atomic E-state index is 13.6. The predicted octanol–water partition coefficient (Wildman–Crippen LogP) is 4.74. The van der Waals surface area contributed by atoms with E-state index < -0.39 is 6.10 Å². The first-order valence-electron chi connectivity index (χ1n) is 13.9. The van der Waals surface area contributed by atoms with Crippen LogP contribution in [0.4, 0.5) is 5.69 Å². The van der Waals surface area contributed by atoms with Gasteiger partial charge in [-0.05, 0) is 60.4 Å². The van der Waals surface area contributed by atoms with E-state index in [-0.39, 0.29) is 17.8 Å². The Morgan fingerprint density at radius 1 is 0.951 bits per heavy atom. The van der Waals surface area contributed by atoms with Gasteiger partial charge in [-0.1, -0.05) is 60.7 Å². The van der Waals surface area contributed by atoms with E-state index in [1.165, 1.54) is 0 Å². The van der Waals surface area contributed by atoms with Crippen LogP contribution >= 0.6 is 0 Å². The average Bonchev–Trinajstić information content (AvgIpc) is 2.99. The van der Waals surface area contributed by atoms with Crippen molar-refractivity contribution in [2.45, 2.75) is 32.0 Å². The molecule has 8 heteroatoms. The molecule has 8 nitrogen and oxygen atoms in total. The smallest absolute Gasteiger partial charge is 0.268 e. The lowest BCUT2D eigenvalue weighted by molar-refractivity contribution is -0.127. The van der Waals surface area contributed by atoms with Gasteiger partial charge in [0.2, 0.25) is 0 Å². The summed E-state index contributed by atoms with van der Waals surface area (Å²) < 4.78 is 18.1. The molecule has 5 rings (SSSR count). The van der Waals surface area contributed by atoms with Crippen LogP contribution in [0.1, 0.15) is 24.0 Å². The van der Waals surface area contributed by atoms with Crippen LogP contribution in [0, 0.1) is 5.92 Å². The number of ether oxygens (including phenoxy) is 3. The highest BCUT2D eigenvalue weighted by Crippen LogP contribution is 2.36. The normalized spacial score (nSPS) is 17.7. The van der Waals surface area contributed by atoms with E-state index in [0.717, 1.165) is 41.2 Å². The van der Waals surface area contributed by atoms with Crippen molar-refractivity contribution in [2.24, 2.45) is 22.4 Å². The maximum Gasteiger partial charge on any atom is 0.268 e. The molecule has 0 aromatic heterocycles. The Labute approximate surface area is 240 Å². The van der Waals surface area contributed by atoms with Crippen LogP contribution in [-0.2, 0) is 22.6 Å². The Balaban J connectivity index is 1.18. The molecular weight excluding hydrogens is 516 g/mol. The third-order valence-electron chi connectivity index (χ3n) is 7.02. The molecule has 1 heterocycles. The molecule has 0 fully saturated rings. The number of rotatable bonds is 12. The summed E-state index contributed by atoms with van der Waals surface area (Å²) in [7, 11) is 0. The largest absolute Gasteiger partial charge is 0.493 e. The molecule has 2 atom stereocenters. The Kier molecular flexibility index (Phi) is 9.21. The topological polar surface area (TPSA) is 112 Å². The molecule has 4 N–H and O–H groups in total. The summed E-state index contributed by atoms with van der Waals surface area (Å²) in [6, 6.07) is 25.6. The summed E-state index contributed by atoms with van der Waals surface area (Å²) in [5.74, 6) is 2.43. The molecule has 1 amide bonds. The van der Waals surface area contributed by atoms with E-state index >= 15 is 0 Å². The molecule has 3 aromatic carbocycles. The lowest BCUT2D eigenvalue weighted by Gasteiger charge is -2.36. The first-order chi connectivity index (χ1) is 20.0. The first kappa shape index (κ1) is 27.8. The number of carbonyl (C=O) groups is 1. The van der Waals surface area contributed by atoms with E-state index in [9.17, 15) is 4.79 Å². The monoisotopic (exact) mass is 552 g/mol. The van der Waals surface area contributed by atoms with Crippen molar-refractivity contribution in [3.63, 3.8) is 0 Å². The minimum atomic E-state index is -0.624. The van der Waals surface area contributed by atoms with E-state index in [1.54, 1.807) is 0 Å². The number of hydrogen-bond acceptors (Lipinski definition) is 5. The van der Waals surface area contributed by atoms with Gasteiger partial charge >= 0.3 is 0 Å². The third-order valence-corrected chi connectivity index (χ3v) is 7.02. The van der Waals surface area contributed by atoms with E-state index in [4.69, 9.17) is 25.7 Å². The summed E-state index contributed by atoms with van der Waals surface area (Å²) in [6.45, 7) is 1.94. The lowest BCUT2D eigenvalue weighted by Crippen LogP contribution is -2.48. The number of amides is 1. The Bertz CT molecular complexity index is 1400. The van der Waals surface area contributed by atoms with Crippen LogP contribution in [-0.4, -0.2) is 37.7 Å². The SMILES string of the molecule is NC(N)=NCCc1ccc(OCCC2Oc3ccccc3N(CC3C=C(OCc4ccccc4)C=CC3)C2=O)cc1. The number of anilines is 1. The summed E-state index contributed by atoms with van der Waals surface area (Å²) in [4.78, 5) is 19.5. The standard InChI is InChI=1S/C33H36N4O4/c34-33(35)36-19-17-24-13-15-27(16-14-24)39-20-18-31-32(38)37(29-11-4-5-12-30(29)41-31)22-26-9-6-10-28(21-26)40-23-25-7-2-1-3-8-25/h1-8,10-16,21,26,31H,9,17-20,22-23H2,(H4,34,35,36). The summed E-state index contributed by atoms with van der Waals surface area (Å²) in [5, 5.41) is 0. The number of fused-ring (bicyclic) bond motifs is 1. The highest BCUT2D eigenvalue weighted by molar-refractivity contribution is 6.00. The fourth-order valence-electron chi connectivity index (χ4n) is 4.91. The second-order valence-corrected chi connectivity index (χ2v) is 10.1. The van der Waals surface area contributed by atoms with Gasteiger partial charge in [0.05, 0.1) is 12.3 Å². The first-order valence-corrected chi connectivity index (χ1v) is 13.9. The second-order valence-electron chi connectivity index (χ2n) is 10.1. The average molecular weight is 553 g/mol. The van der Waals surface area contributed by atoms with Gasteiger partial charge < -0.3 is 30.6 Å². The molecule has 1 aliphatic heterocycles. The van der Waals surface area contributed by atoms with E-state index in [2.05, 4.69) is 17.1 Å². The Hall–Kier alpha value is -4.72. The van der Waals surface area contributed by atoms with Gasteiger partial charge in [-0.25, -0.2) is 0 Å². The van der Waals surface area contributed by atoms with E-state index in [0.29, 0.717) is 38.5 Å². The molecule has 2 aliphatic rings. The molecule has 3 aromatic rings. The predicted molar refractivity (Wildman–Crippen MR) is 161 cm³/mol. The molecular formula is C33H36N4O4. The van der Waals surface area contributed by atoms with Crippen LogP contribution < -0.4 is 25.8 Å². The van der Waals surface area contributed by atoms with Crippen molar-refractivity contribution in [1.29, 1.82) is 0 Å². The molecule has 0 spiro atoms. The minimum Gasteiger partial charge on any atom is -0.493 e. The van der Waals surface area contributed by atoms with Gasteiger partial charge in [-0.15, -0.1) is 0 Å². The molecule has 0 radical (unpaired) electrons. The van der Waals surface area contributed by atoms with Crippen molar-refractivity contribution in [3.05, 3.63) is 114 Å². The third kappa shape index (κ3) is 7.69. The van der Waals surface area contributed by atoms with Gasteiger partial charge in [-0.3, -0.25) is 9.79 Å². The number of para-hydroxylation sites is 2. The molecule has 0 saturated carbocycles. The van der Waals surface area contributed by atoms with Crippen LogP contribution in [0.2, 0.25) is 0 Å². The zero-order valence-electron chi connectivity index (χ0n) is 23.0. The fraction of sp³-hybridized carbons (Fsp3) is 0.273. The quantitative estimate of drug-likeness (QED) is 0.248. The van der Waals surface area contributed by atoms with Crippen molar-refractivity contribution in [1.82, 2.24) is 0 Å². The number of nitrogens with two attached hydrogens (primary N) is 2. The van der Waals surface area contributed by atoms with Crippen LogP contribution in [0.3, 0.4) is 0 Å². The fourth-order valence-corrected chi connectivity index (χ4v) is 4.91. The molecule has 41 heavy (non-hydrogen) atoms. The molecule has 1 aliphatic carbocycles. The van der Waals surface area contributed by atoms with E-state index in [1.807, 2.05) is 89.8 Å². The number of guanidine groups is 1. The Morgan fingerprint density at radius 2 is 1.73 bits per heavy atom. The number of carbonyl (C=O) groups excluding carboxylic acids is 1. The summed E-state index contributed by atoms with van der Waals surface area (Å²) in [5.41, 5.74) is 13.8. The number of allylic oxidation sites excluding steroid dienone is 2. The summed E-state index contributed by atoms with van der Waals surface area (Å²) in [6.07, 6.45) is 7.62. The highest BCUT2D eigenvalue weighted by atomic mass is 16.5. The number of hydrogen-bond donors (Lipinski definition) is 2. The minimum absolute atomic E-state index is 0.0583. The van der Waals surface area contributed by atoms with Gasteiger partial charge in [0.1, 0.15) is 23.9 Å². The zero-order valence-corrected chi connectivity index (χ0v) is 23.0.